The first-order valence-corrected chi connectivity index (χ1v) is 11.4. The van der Waals surface area contributed by atoms with Crippen molar-refractivity contribution in [1.29, 1.82) is 0 Å². The summed E-state index contributed by atoms with van der Waals surface area (Å²) in [6.07, 6.45) is 1.60. The molecule has 0 radical (unpaired) electrons. The number of nitrogens with zero attached hydrogens (tertiary/aromatic N) is 1. The van der Waals surface area contributed by atoms with Crippen molar-refractivity contribution in [2.24, 2.45) is 0 Å². The van der Waals surface area contributed by atoms with E-state index < -0.39 is 24.1 Å². The molecular weight excluding hydrogens is 457 g/mol. The molecule has 2 aromatic carbocycles. The monoisotopic (exact) mass is 487 g/mol. The molecular formula is C25H30FN3O6. The summed E-state index contributed by atoms with van der Waals surface area (Å²) in [4.78, 5) is 38.9. The Bertz CT molecular complexity index is 1050. The SMILES string of the molecule is CCCC[C@H](NC(=O)N[C@@H](CC(=O)O)c1ccc2c(c1)OCO2)C(=O)N(C)Cc1ccc(F)cc1. The molecule has 0 fully saturated rings. The van der Waals surface area contributed by atoms with Crippen molar-refractivity contribution >= 4 is 17.9 Å². The zero-order valence-electron chi connectivity index (χ0n) is 19.8. The summed E-state index contributed by atoms with van der Waals surface area (Å²) in [5.41, 5.74) is 1.29. The van der Waals surface area contributed by atoms with E-state index in [4.69, 9.17) is 9.47 Å². The molecule has 10 heteroatoms. The van der Waals surface area contributed by atoms with E-state index in [1.807, 2.05) is 6.92 Å². The van der Waals surface area contributed by atoms with Crippen molar-refractivity contribution in [3.8, 4) is 11.5 Å². The molecule has 1 aliphatic rings. The van der Waals surface area contributed by atoms with E-state index in [0.717, 1.165) is 12.0 Å². The van der Waals surface area contributed by atoms with Gasteiger partial charge in [0.2, 0.25) is 12.7 Å². The van der Waals surface area contributed by atoms with Gasteiger partial charge in [-0.1, -0.05) is 38.0 Å². The topological polar surface area (TPSA) is 117 Å². The molecule has 0 unspecified atom stereocenters. The van der Waals surface area contributed by atoms with Crippen LogP contribution in [-0.2, 0) is 16.1 Å². The highest BCUT2D eigenvalue weighted by Crippen LogP contribution is 2.34. The summed E-state index contributed by atoms with van der Waals surface area (Å²) in [6.45, 7) is 2.30. The predicted molar refractivity (Wildman–Crippen MR) is 125 cm³/mol. The standard InChI is InChI=1S/C25H30FN3O6/c1-3-4-5-19(24(32)29(2)14-16-6-9-18(26)10-7-16)27-25(33)28-20(13-23(30)31)17-8-11-21-22(12-17)35-15-34-21/h6-12,19-20H,3-5,13-15H2,1-2H3,(H,30,31)(H2,27,28,33)/t19-,20-/m0/s1. The number of benzene rings is 2. The molecule has 0 saturated carbocycles. The molecule has 1 heterocycles. The summed E-state index contributed by atoms with van der Waals surface area (Å²) >= 11 is 0. The zero-order valence-corrected chi connectivity index (χ0v) is 19.8. The maximum absolute atomic E-state index is 13.2. The smallest absolute Gasteiger partial charge is 0.315 e. The molecule has 2 atom stereocenters. The zero-order chi connectivity index (χ0) is 25.4. The molecule has 0 aliphatic carbocycles. The van der Waals surface area contributed by atoms with Crippen molar-refractivity contribution in [3.05, 3.63) is 59.4 Å². The van der Waals surface area contributed by atoms with Gasteiger partial charge in [0, 0.05) is 13.6 Å². The van der Waals surface area contributed by atoms with Gasteiger partial charge in [-0.25, -0.2) is 9.18 Å². The number of ether oxygens (including phenoxy) is 2. The Labute approximate surface area is 203 Å². The Hall–Kier alpha value is -3.82. The molecule has 0 bridgehead atoms. The first-order valence-electron chi connectivity index (χ1n) is 11.4. The largest absolute Gasteiger partial charge is 0.481 e. The predicted octanol–water partition coefficient (Wildman–Crippen LogP) is 3.59. The average Bonchev–Trinajstić information content (AvgIpc) is 3.30. The minimum absolute atomic E-state index is 0.0724. The number of nitrogens with one attached hydrogen (secondary N) is 2. The van der Waals surface area contributed by atoms with Crippen LogP contribution in [0.25, 0.3) is 0 Å². The number of urea groups is 1. The highest BCUT2D eigenvalue weighted by atomic mass is 19.1. The molecule has 3 N–H and O–H groups in total. The summed E-state index contributed by atoms with van der Waals surface area (Å²) in [6, 6.07) is 8.50. The van der Waals surface area contributed by atoms with Crippen molar-refractivity contribution in [3.63, 3.8) is 0 Å². The van der Waals surface area contributed by atoms with Crippen LogP contribution in [0.1, 0.15) is 49.8 Å². The third-order valence-corrected chi connectivity index (χ3v) is 5.64. The van der Waals surface area contributed by atoms with E-state index in [2.05, 4.69) is 10.6 Å². The fraction of sp³-hybridized carbons (Fsp3) is 0.400. The number of carbonyl (C=O) groups is 3. The summed E-state index contributed by atoms with van der Waals surface area (Å²) < 4.78 is 23.8. The number of carbonyl (C=O) groups excluding carboxylic acids is 2. The van der Waals surface area contributed by atoms with Gasteiger partial charge in [0.1, 0.15) is 11.9 Å². The number of hydrogen-bond acceptors (Lipinski definition) is 5. The van der Waals surface area contributed by atoms with E-state index >= 15 is 0 Å². The second-order valence-corrected chi connectivity index (χ2v) is 8.40. The third kappa shape index (κ3) is 7.33. The van der Waals surface area contributed by atoms with Crippen LogP contribution in [0.15, 0.2) is 42.5 Å². The number of rotatable bonds is 11. The first kappa shape index (κ1) is 25.8. The summed E-state index contributed by atoms with van der Waals surface area (Å²) in [7, 11) is 1.62. The van der Waals surface area contributed by atoms with Gasteiger partial charge in [-0.2, -0.15) is 0 Å². The van der Waals surface area contributed by atoms with Crippen LogP contribution in [0.4, 0.5) is 9.18 Å². The fourth-order valence-electron chi connectivity index (χ4n) is 3.79. The number of hydrogen-bond donors (Lipinski definition) is 3. The van der Waals surface area contributed by atoms with Crippen LogP contribution in [0.2, 0.25) is 0 Å². The number of amides is 3. The van der Waals surface area contributed by atoms with Crippen molar-refractivity contribution in [2.45, 2.75) is 51.2 Å². The van der Waals surface area contributed by atoms with Gasteiger partial charge in [-0.3, -0.25) is 9.59 Å². The number of likely N-dealkylation sites (N-methyl/N-ethyl adjacent to an activating group) is 1. The number of unbranched alkanes of at least 4 members (excludes halogenated alkanes) is 1. The van der Waals surface area contributed by atoms with Crippen LogP contribution in [-0.4, -0.2) is 47.8 Å². The van der Waals surface area contributed by atoms with Gasteiger partial charge in [-0.15, -0.1) is 0 Å². The second-order valence-electron chi connectivity index (χ2n) is 8.40. The Balaban J connectivity index is 1.68. The third-order valence-electron chi connectivity index (χ3n) is 5.64. The summed E-state index contributed by atoms with van der Waals surface area (Å²) in [5, 5.41) is 14.7. The van der Waals surface area contributed by atoms with Crippen LogP contribution in [0, 0.1) is 5.82 Å². The molecule has 3 amide bonds. The van der Waals surface area contributed by atoms with Crippen LogP contribution < -0.4 is 20.1 Å². The Morgan fingerprint density at radius 3 is 2.49 bits per heavy atom. The lowest BCUT2D eigenvalue weighted by Gasteiger charge is -2.26. The van der Waals surface area contributed by atoms with Gasteiger partial charge < -0.3 is 30.1 Å². The minimum atomic E-state index is -1.09. The minimum Gasteiger partial charge on any atom is -0.481 e. The van der Waals surface area contributed by atoms with E-state index in [1.165, 1.54) is 17.0 Å². The lowest BCUT2D eigenvalue weighted by atomic mass is 10.0. The quantitative estimate of drug-likeness (QED) is 0.446. The lowest BCUT2D eigenvalue weighted by Crippen LogP contribution is -2.51. The number of carboxylic acids is 1. The molecule has 35 heavy (non-hydrogen) atoms. The van der Waals surface area contributed by atoms with Crippen molar-refractivity contribution in [1.82, 2.24) is 15.5 Å². The molecule has 0 aromatic heterocycles. The Kier molecular flexibility index (Phi) is 8.88. The van der Waals surface area contributed by atoms with Crippen molar-refractivity contribution in [2.75, 3.05) is 13.8 Å². The average molecular weight is 488 g/mol. The molecule has 9 nitrogen and oxygen atoms in total. The van der Waals surface area contributed by atoms with Crippen LogP contribution >= 0.6 is 0 Å². The maximum Gasteiger partial charge on any atom is 0.315 e. The second kappa shape index (κ2) is 12.0. The van der Waals surface area contributed by atoms with Gasteiger partial charge in [0.05, 0.1) is 12.5 Å². The fourth-order valence-corrected chi connectivity index (χ4v) is 3.79. The first-order chi connectivity index (χ1) is 16.8. The number of carboxylic acid groups (broad SMARTS) is 1. The number of halogens is 1. The van der Waals surface area contributed by atoms with Crippen molar-refractivity contribution < 1.29 is 33.4 Å². The molecule has 2 aromatic rings. The normalized spacial score (nSPS) is 13.6. The molecule has 1 aliphatic heterocycles. The van der Waals surface area contributed by atoms with Gasteiger partial charge >= 0.3 is 12.0 Å². The van der Waals surface area contributed by atoms with E-state index in [-0.39, 0.29) is 31.5 Å². The van der Waals surface area contributed by atoms with E-state index in [9.17, 15) is 23.9 Å². The summed E-state index contributed by atoms with van der Waals surface area (Å²) in [5.74, 6) is -0.734. The maximum atomic E-state index is 13.2. The van der Waals surface area contributed by atoms with Crippen LogP contribution in [0.3, 0.4) is 0 Å². The van der Waals surface area contributed by atoms with Crippen LogP contribution in [0.5, 0.6) is 11.5 Å². The Morgan fingerprint density at radius 1 is 1.09 bits per heavy atom. The van der Waals surface area contributed by atoms with Gasteiger partial charge in [-0.05, 0) is 41.8 Å². The Morgan fingerprint density at radius 2 is 1.80 bits per heavy atom. The number of aliphatic carboxylic acids is 1. The van der Waals surface area contributed by atoms with E-state index in [0.29, 0.717) is 29.9 Å². The number of fused-ring (bicyclic) bond motifs is 1. The highest BCUT2D eigenvalue weighted by molar-refractivity contribution is 5.87. The van der Waals surface area contributed by atoms with Gasteiger partial charge in [0.25, 0.3) is 0 Å². The van der Waals surface area contributed by atoms with Gasteiger partial charge in [0.15, 0.2) is 11.5 Å². The molecule has 188 valence electrons. The molecule has 0 spiro atoms. The highest BCUT2D eigenvalue weighted by Gasteiger charge is 2.26. The molecule has 0 saturated heterocycles. The lowest BCUT2D eigenvalue weighted by molar-refractivity contribution is -0.137. The van der Waals surface area contributed by atoms with E-state index in [1.54, 1.807) is 37.4 Å². The molecule has 3 rings (SSSR count).